The normalized spacial score (nSPS) is 23.0. The molecule has 0 radical (unpaired) electrons. The van der Waals surface area contributed by atoms with Crippen LogP contribution < -0.4 is 14.0 Å². The van der Waals surface area contributed by atoms with Crippen LogP contribution in [0.25, 0.3) is 11.1 Å². The SMILES string of the molecule is C=C(c1ccccc1OS(=O)(=O)C(F)(F)F)C12CCC(NS(N)(=O)=O)C1CC(CCCCCC)=C2c1ccccc1. The predicted molar refractivity (Wildman–Crippen MR) is 153 cm³/mol. The van der Waals surface area contributed by atoms with Gasteiger partial charge in [-0.05, 0) is 60.8 Å². The van der Waals surface area contributed by atoms with Gasteiger partial charge in [0.1, 0.15) is 5.75 Å². The Morgan fingerprint density at radius 2 is 1.71 bits per heavy atom. The molecular formula is C29H35F3N2O5S2. The van der Waals surface area contributed by atoms with Crippen molar-refractivity contribution < 1.29 is 34.2 Å². The molecule has 0 amide bonds. The van der Waals surface area contributed by atoms with Crippen LogP contribution >= 0.6 is 0 Å². The summed E-state index contributed by atoms with van der Waals surface area (Å²) in [4.78, 5) is 0. The predicted octanol–water partition coefficient (Wildman–Crippen LogP) is 6.31. The molecule has 224 valence electrons. The number of para-hydroxylation sites is 1. The summed E-state index contributed by atoms with van der Waals surface area (Å²) in [5, 5.41) is 5.39. The van der Waals surface area contributed by atoms with Gasteiger partial charge in [-0.3, -0.25) is 0 Å². The minimum absolute atomic E-state index is 0.113. The number of alkyl halides is 3. The van der Waals surface area contributed by atoms with Gasteiger partial charge in [0, 0.05) is 17.0 Å². The van der Waals surface area contributed by atoms with Crippen molar-refractivity contribution in [3.05, 3.63) is 77.9 Å². The third kappa shape index (κ3) is 6.40. The summed E-state index contributed by atoms with van der Waals surface area (Å²) in [6.07, 6.45) is 6.20. The van der Waals surface area contributed by atoms with Gasteiger partial charge in [0.25, 0.3) is 10.2 Å². The van der Waals surface area contributed by atoms with E-state index < -0.39 is 43.0 Å². The van der Waals surface area contributed by atoms with Crippen LogP contribution in [0, 0.1) is 11.3 Å². The average Bonchev–Trinajstić information content (AvgIpc) is 3.40. The fourth-order valence-electron chi connectivity index (χ4n) is 6.55. The number of benzene rings is 2. The first-order valence-electron chi connectivity index (χ1n) is 13.6. The second-order valence-electron chi connectivity index (χ2n) is 10.7. The lowest BCUT2D eigenvalue weighted by Crippen LogP contribution is -2.43. The number of hydrogen-bond acceptors (Lipinski definition) is 5. The van der Waals surface area contributed by atoms with Crippen LogP contribution in [0.4, 0.5) is 13.2 Å². The zero-order chi connectivity index (χ0) is 30.1. The lowest BCUT2D eigenvalue weighted by Gasteiger charge is -2.38. The van der Waals surface area contributed by atoms with Crippen molar-refractivity contribution in [2.75, 3.05) is 0 Å². The maximum absolute atomic E-state index is 13.3. The molecule has 2 aliphatic rings. The quantitative estimate of drug-likeness (QED) is 0.166. The number of unbranched alkanes of at least 4 members (excludes halogenated alkanes) is 3. The molecule has 4 rings (SSSR count). The molecular weight excluding hydrogens is 577 g/mol. The number of rotatable bonds is 12. The number of allylic oxidation sites excluding steroid dienone is 3. The third-order valence-electron chi connectivity index (χ3n) is 8.18. The summed E-state index contributed by atoms with van der Waals surface area (Å²) in [5.41, 5.74) is -3.06. The zero-order valence-corrected chi connectivity index (χ0v) is 24.4. The van der Waals surface area contributed by atoms with Crippen molar-refractivity contribution in [3.8, 4) is 5.75 Å². The Labute approximate surface area is 240 Å². The molecule has 3 unspecified atom stereocenters. The highest BCUT2D eigenvalue weighted by Gasteiger charge is 2.58. The second kappa shape index (κ2) is 11.9. The molecule has 0 spiro atoms. The fraction of sp³-hybridized carbons (Fsp3) is 0.448. The van der Waals surface area contributed by atoms with Gasteiger partial charge in [-0.1, -0.05) is 86.9 Å². The van der Waals surface area contributed by atoms with Gasteiger partial charge in [-0.25, -0.2) is 5.14 Å². The molecule has 3 N–H and O–H groups in total. The first-order chi connectivity index (χ1) is 19.2. The monoisotopic (exact) mass is 612 g/mol. The van der Waals surface area contributed by atoms with Crippen molar-refractivity contribution in [2.24, 2.45) is 16.5 Å². The molecule has 1 fully saturated rings. The Hall–Kier alpha value is -2.67. The lowest BCUT2D eigenvalue weighted by atomic mass is 9.66. The van der Waals surface area contributed by atoms with E-state index in [-0.39, 0.29) is 11.5 Å². The van der Waals surface area contributed by atoms with E-state index in [9.17, 15) is 30.0 Å². The molecule has 0 aliphatic heterocycles. The van der Waals surface area contributed by atoms with E-state index in [4.69, 9.17) is 5.14 Å². The summed E-state index contributed by atoms with van der Waals surface area (Å²) in [6.45, 7) is 6.47. The highest BCUT2D eigenvalue weighted by Crippen LogP contribution is 2.66. The Morgan fingerprint density at radius 3 is 2.34 bits per heavy atom. The van der Waals surface area contributed by atoms with Crippen LogP contribution in [0.2, 0.25) is 0 Å². The van der Waals surface area contributed by atoms with Gasteiger partial charge in [-0.15, -0.1) is 0 Å². The number of nitrogens with one attached hydrogen (secondary N) is 1. The lowest BCUT2D eigenvalue weighted by molar-refractivity contribution is -0.0500. The van der Waals surface area contributed by atoms with Gasteiger partial charge in [0.2, 0.25) is 0 Å². The van der Waals surface area contributed by atoms with Crippen molar-refractivity contribution in [2.45, 2.75) is 69.8 Å². The Morgan fingerprint density at radius 1 is 1.05 bits per heavy atom. The third-order valence-corrected chi connectivity index (χ3v) is 9.78. The van der Waals surface area contributed by atoms with Gasteiger partial charge in [-0.2, -0.15) is 34.7 Å². The first kappa shape index (κ1) is 31.3. The first-order valence-corrected chi connectivity index (χ1v) is 16.5. The number of nitrogens with two attached hydrogens (primary N) is 1. The van der Waals surface area contributed by atoms with Gasteiger partial charge in [0.05, 0.1) is 0 Å². The van der Waals surface area contributed by atoms with Crippen LogP contribution in [0.3, 0.4) is 0 Å². The van der Waals surface area contributed by atoms with E-state index in [1.807, 2.05) is 30.3 Å². The van der Waals surface area contributed by atoms with E-state index in [1.165, 1.54) is 12.1 Å². The summed E-state index contributed by atoms with van der Waals surface area (Å²) >= 11 is 0. The molecule has 0 heterocycles. The Bertz CT molecular complexity index is 1520. The number of halogens is 3. The molecule has 0 saturated heterocycles. The number of hydrogen-bond donors (Lipinski definition) is 2. The van der Waals surface area contributed by atoms with Crippen LogP contribution in [0.1, 0.15) is 69.4 Å². The molecule has 0 aromatic heterocycles. The maximum Gasteiger partial charge on any atom is 0.534 e. The van der Waals surface area contributed by atoms with Crippen LogP contribution in [0.15, 0.2) is 66.7 Å². The summed E-state index contributed by atoms with van der Waals surface area (Å²) in [7, 11) is -10.0. The van der Waals surface area contributed by atoms with Crippen LogP contribution in [0.5, 0.6) is 5.75 Å². The van der Waals surface area contributed by atoms with E-state index >= 15 is 0 Å². The van der Waals surface area contributed by atoms with Crippen molar-refractivity contribution in [3.63, 3.8) is 0 Å². The molecule has 0 bridgehead atoms. The Kier molecular flexibility index (Phi) is 9.08. The largest absolute Gasteiger partial charge is 0.534 e. The summed E-state index contributed by atoms with van der Waals surface area (Å²) < 4.78 is 95.2. The Balaban J connectivity index is 1.89. The van der Waals surface area contributed by atoms with E-state index in [1.54, 1.807) is 6.07 Å². The molecule has 2 aromatic rings. The minimum atomic E-state index is -5.94. The van der Waals surface area contributed by atoms with Crippen molar-refractivity contribution in [1.29, 1.82) is 0 Å². The summed E-state index contributed by atoms with van der Waals surface area (Å²) in [5.74, 6) is -0.841. The standard InChI is InChI=1S/C29H35F3N2O5S2/c1-3-4-5-7-14-22-19-24-25(34-41(33,37)38)17-18-28(24,27(22)21-12-8-6-9-13-21)20(2)23-15-10-11-16-26(23)39-40(35,36)29(30,31)32/h6,8-13,15-16,24-25,34H,2-5,7,14,17-19H2,1H3,(H2,33,37,38). The number of fused-ring (bicyclic) bond motifs is 1. The van der Waals surface area contributed by atoms with Gasteiger partial charge >= 0.3 is 15.6 Å². The molecule has 12 heteroatoms. The molecule has 41 heavy (non-hydrogen) atoms. The van der Waals surface area contributed by atoms with Crippen molar-refractivity contribution >= 4 is 31.5 Å². The summed E-state index contributed by atoms with van der Waals surface area (Å²) in [6, 6.07) is 14.6. The van der Waals surface area contributed by atoms with Crippen molar-refractivity contribution in [1.82, 2.24) is 4.72 Å². The molecule has 7 nitrogen and oxygen atoms in total. The van der Waals surface area contributed by atoms with Gasteiger partial charge in [0.15, 0.2) is 0 Å². The molecule has 1 saturated carbocycles. The van der Waals surface area contributed by atoms with Crippen LogP contribution in [-0.2, 0) is 20.3 Å². The molecule has 2 aromatic carbocycles. The molecule has 2 aliphatic carbocycles. The molecule has 3 atom stereocenters. The van der Waals surface area contributed by atoms with Gasteiger partial charge < -0.3 is 4.18 Å². The van der Waals surface area contributed by atoms with E-state index in [0.717, 1.165) is 54.9 Å². The highest BCUT2D eigenvalue weighted by atomic mass is 32.2. The zero-order valence-electron chi connectivity index (χ0n) is 22.8. The highest BCUT2D eigenvalue weighted by molar-refractivity contribution is 7.88. The fourth-order valence-corrected chi connectivity index (χ4v) is 7.73. The topological polar surface area (TPSA) is 116 Å². The second-order valence-corrected chi connectivity index (χ2v) is 13.6. The smallest absolute Gasteiger partial charge is 0.375 e. The maximum atomic E-state index is 13.3. The van der Waals surface area contributed by atoms with E-state index in [0.29, 0.717) is 24.8 Å². The minimum Gasteiger partial charge on any atom is -0.375 e. The average molecular weight is 613 g/mol. The van der Waals surface area contributed by atoms with E-state index in [2.05, 4.69) is 22.4 Å². The van der Waals surface area contributed by atoms with Crippen LogP contribution in [-0.4, -0.2) is 28.4 Å².